The number of imidazole rings is 1. The van der Waals surface area contributed by atoms with Crippen molar-refractivity contribution in [2.75, 3.05) is 31.1 Å². The number of oxazole rings is 1. The zero-order chi connectivity index (χ0) is 24.0. The second-order valence-electron chi connectivity index (χ2n) is 10.0. The molecular weight excluding hydrogens is 426 g/mol. The molecule has 2 aromatic heterocycles. The summed E-state index contributed by atoms with van der Waals surface area (Å²) >= 11 is 0. The predicted molar refractivity (Wildman–Crippen MR) is 134 cm³/mol. The highest BCUT2D eigenvalue weighted by Crippen LogP contribution is 2.30. The van der Waals surface area contributed by atoms with Gasteiger partial charge in [0.15, 0.2) is 5.89 Å². The van der Waals surface area contributed by atoms with Gasteiger partial charge in [0.25, 0.3) is 5.91 Å². The van der Waals surface area contributed by atoms with E-state index in [-0.39, 0.29) is 11.3 Å². The molecule has 0 spiro atoms. The van der Waals surface area contributed by atoms with Crippen LogP contribution in [0.5, 0.6) is 0 Å². The van der Waals surface area contributed by atoms with Crippen LogP contribution in [0.3, 0.4) is 0 Å². The molecule has 7 nitrogen and oxygen atoms in total. The van der Waals surface area contributed by atoms with E-state index in [9.17, 15) is 4.79 Å². The van der Waals surface area contributed by atoms with Gasteiger partial charge in [0.2, 0.25) is 5.76 Å². The van der Waals surface area contributed by atoms with Gasteiger partial charge in [-0.1, -0.05) is 51.1 Å². The minimum atomic E-state index is -0.0864. The lowest BCUT2D eigenvalue weighted by Gasteiger charge is -2.35. The fraction of sp³-hybridized carbons (Fsp3) is 0.370. The van der Waals surface area contributed by atoms with Gasteiger partial charge >= 0.3 is 0 Å². The van der Waals surface area contributed by atoms with E-state index in [0.717, 1.165) is 41.2 Å². The van der Waals surface area contributed by atoms with Gasteiger partial charge < -0.3 is 19.2 Å². The first-order chi connectivity index (χ1) is 16.2. The Morgan fingerprint density at radius 3 is 2.29 bits per heavy atom. The van der Waals surface area contributed by atoms with Gasteiger partial charge in [-0.25, -0.2) is 9.97 Å². The monoisotopic (exact) mass is 457 g/mol. The number of para-hydroxylation sites is 1. The van der Waals surface area contributed by atoms with Crippen LogP contribution in [0, 0.1) is 13.8 Å². The summed E-state index contributed by atoms with van der Waals surface area (Å²) in [5.41, 5.74) is 6.20. The Labute approximate surface area is 199 Å². The van der Waals surface area contributed by atoms with E-state index in [1.165, 1.54) is 5.56 Å². The molecule has 0 aliphatic carbocycles. The molecule has 0 radical (unpaired) electrons. The SMILES string of the molecule is Cc1nc(C)c(C(=O)N2CCN(c3cccc4[nH]c(-c5ccc(C(C)(C)C)cc5)nc34)CC2)o1. The van der Waals surface area contributed by atoms with Crippen LogP contribution >= 0.6 is 0 Å². The fourth-order valence-electron chi connectivity index (χ4n) is 4.56. The van der Waals surface area contributed by atoms with Crippen LogP contribution in [0.1, 0.15) is 48.5 Å². The Morgan fingerprint density at radius 1 is 0.971 bits per heavy atom. The summed E-state index contributed by atoms with van der Waals surface area (Å²) in [7, 11) is 0. The number of aryl methyl sites for hydroxylation is 2. The lowest BCUT2D eigenvalue weighted by Crippen LogP contribution is -2.49. The molecule has 1 fully saturated rings. The van der Waals surface area contributed by atoms with Gasteiger partial charge in [-0.2, -0.15) is 0 Å². The van der Waals surface area contributed by atoms with Crippen LogP contribution in [0.25, 0.3) is 22.4 Å². The molecular formula is C27H31N5O2. The summed E-state index contributed by atoms with van der Waals surface area (Å²) in [4.78, 5) is 29.7. The van der Waals surface area contributed by atoms with Crippen LogP contribution in [0.2, 0.25) is 0 Å². The van der Waals surface area contributed by atoms with Crippen molar-refractivity contribution < 1.29 is 9.21 Å². The Balaban J connectivity index is 1.35. The number of fused-ring (bicyclic) bond motifs is 1. The number of hydrogen-bond acceptors (Lipinski definition) is 5. The predicted octanol–water partition coefficient (Wildman–Crippen LogP) is 5.09. The lowest BCUT2D eigenvalue weighted by atomic mass is 9.87. The van der Waals surface area contributed by atoms with Gasteiger partial charge in [-0.05, 0) is 30.0 Å². The summed E-state index contributed by atoms with van der Waals surface area (Å²) < 4.78 is 5.54. The van der Waals surface area contributed by atoms with Gasteiger partial charge in [0, 0.05) is 38.7 Å². The first-order valence-electron chi connectivity index (χ1n) is 11.8. The molecule has 0 saturated carbocycles. The van der Waals surface area contributed by atoms with Crippen LogP contribution in [0.15, 0.2) is 46.9 Å². The number of H-pyrrole nitrogens is 1. The van der Waals surface area contributed by atoms with E-state index in [4.69, 9.17) is 9.40 Å². The molecule has 176 valence electrons. The van der Waals surface area contributed by atoms with Crippen molar-refractivity contribution in [3.05, 3.63) is 65.4 Å². The number of amides is 1. The van der Waals surface area contributed by atoms with Crippen molar-refractivity contribution in [1.82, 2.24) is 19.9 Å². The quantitative estimate of drug-likeness (QED) is 0.463. The first-order valence-corrected chi connectivity index (χ1v) is 11.8. The molecule has 1 aliphatic heterocycles. The summed E-state index contributed by atoms with van der Waals surface area (Å²) in [6.45, 7) is 13.0. The maximum absolute atomic E-state index is 12.9. The third-order valence-electron chi connectivity index (χ3n) is 6.52. The minimum Gasteiger partial charge on any atom is -0.436 e. The highest BCUT2D eigenvalue weighted by molar-refractivity contribution is 5.93. The number of aromatic nitrogens is 3. The van der Waals surface area contributed by atoms with Crippen LogP contribution in [-0.4, -0.2) is 51.9 Å². The van der Waals surface area contributed by atoms with Crippen molar-refractivity contribution >= 4 is 22.6 Å². The molecule has 5 rings (SSSR count). The maximum Gasteiger partial charge on any atom is 0.291 e. The van der Waals surface area contributed by atoms with Gasteiger partial charge in [0.1, 0.15) is 11.3 Å². The van der Waals surface area contributed by atoms with Crippen molar-refractivity contribution in [1.29, 1.82) is 0 Å². The van der Waals surface area contributed by atoms with E-state index in [0.29, 0.717) is 30.4 Å². The second-order valence-corrected chi connectivity index (χ2v) is 10.0. The van der Waals surface area contributed by atoms with Gasteiger partial charge in [0.05, 0.1) is 16.9 Å². The molecule has 4 aromatic rings. The highest BCUT2D eigenvalue weighted by atomic mass is 16.4. The number of benzene rings is 2. The summed E-state index contributed by atoms with van der Waals surface area (Å²) in [6.07, 6.45) is 0. The Morgan fingerprint density at radius 2 is 1.68 bits per heavy atom. The summed E-state index contributed by atoms with van der Waals surface area (Å²) in [5.74, 6) is 1.65. The molecule has 0 unspecified atom stereocenters. The number of carbonyl (C=O) groups excluding carboxylic acids is 1. The fourth-order valence-corrected chi connectivity index (χ4v) is 4.56. The molecule has 34 heavy (non-hydrogen) atoms. The average molecular weight is 458 g/mol. The van der Waals surface area contributed by atoms with Crippen LogP contribution in [-0.2, 0) is 5.41 Å². The lowest BCUT2D eigenvalue weighted by molar-refractivity contribution is 0.0712. The van der Waals surface area contributed by atoms with Gasteiger partial charge in [-0.15, -0.1) is 0 Å². The zero-order valence-electron chi connectivity index (χ0n) is 20.5. The number of piperazine rings is 1. The van der Waals surface area contributed by atoms with Crippen LogP contribution < -0.4 is 4.90 Å². The van der Waals surface area contributed by atoms with Crippen molar-refractivity contribution in [2.24, 2.45) is 0 Å². The number of aromatic amines is 1. The topological polar surface area (TPSA) is 78.3 Å². The van der Waals surface area contributed by atoms with Crippen molar-refractivity contribution in [2.45, 2.75) is 40.0 Å². The third-order valence-corrected chi connectivity index (χ3v) is 6.52. The van der Waals surface area contributed by atoms with Crippen LogP contribution in [0.4, 0.5) is 5.69 Å². The minimum absolute atomic E-state index is 0.0864. The normalized spacial score (nSPS) is 14.7. The van der Waals surface area contributed by atoms with E-state index in [1.807, 2.05) is 11.8 Å². The van der Waals surface area contributed by atoms with E-state index < -0.39 is 0 Å². The molecule has 1 aliphatic rings. The molecule has 1 N–H and O–H groups in total. The first kappa shape index (κ1) is 22.2. The number of rotatable bonds is 3. The molecule has 3 heterocycles. The average Bonchev–Trinajstić information content (AvgIpc) is 3.40. The Bertz CT molecular complexity index is 1340. The standard InChI is InChI=1S/C27H31N5O2/c1-17-24(34-18(2)28-17)26(33)32-15-13-31(14-16-32)22-8-6-7-21-23(22)30-25(29-21)19-9-11-20(12-10-19)27(3,4)5/h6-12H,13-16H2,1-5H3,(H,29,30). The van der Waals surface area contributed by atoms with E-state index in [2.05, 4.69) is 78.1 Å². The Hall–Kier alpha value is -3.61. The van der Waals surface area contributed by atoms with E-state index >= 15 is 0 Å². The maximum atomic E-state index is 12.9. The molecule has 1 amide bonds. The number of nitrogens with one attached hydrogen (secondary N) is 1. The molecule has 1 saturated heterocycles. The van der Waals surface area contributed by atoms with Crippen molar-refractivity contribution in [3.63, 3.8) is 0 Å². The molecule has 0 atom stereocenters. The largest absolute Gasteiger partial charge is 0.436 e. The zero-order valence-corrected chi connectivity index (χ0v) is 20.5. The second kappa shape index (κ2) is 8.31. The van der Waals surface area contributed by atoms with Gasteiger partial charge in [-0.3, -0.25) is 4.79 Å². The third kappa shape index (κ3) is 4.06. The molecule has 2 aromatic carbocycles. The molecule has 7 heteroatoms. The summed E-state index contributed by atoms with van der Waals surface area (Å²) in [6, 6.07) is 14.9. The smallest absolute Gasteiger partial charge is 0.291 e. The number of nitrogens with zero attached hydrogens (tertiary/aromatic N) is 4. The molecule has 0 bridgehead atoms. The summed E-state index contributed by atoms with van der Waals surface area (Å²) in [5, 5.41) is 0. The Kier molecular flexibility index (Phi) is 5.42. The van der Waals surface area contributed by atoms with E-state index in [1.54, 1.807) is 6.92 Å². The number of carbonyl (C=O) groups is 1. The number of hydrogen-bond donors (Lipinski definition) is 1. The number of anilines is 1. The highest BCUT2D eigenvalue weighted by Gasteiger charge is 2.27. The van der Waals surface area contributed by atoms with Crippen molar-refractivity contribution in [3.8, 4) is 11.4 Å².